The molecule has 1 fully saturated rings. The number of hydrogen-bond acceptors (Lipinski definition) is 4. The maximum absolute atomic E-state index is 12.2. The SMILES string of the molecule is CNC(=O)NC(C)(C)C(=O)NCC1CCN(CCOC)CC1. The first-order chi connectivity index (χ1) is 10.4. The number of amides is 3. The van der Waals surface area contributed by atoms with Crippen LogP contribution < -0.4 is 16.0 Å². The first-order valence-corrected chi connectivity index (χ1v) is 7.88. The van der Waals surface area contributed by atoms with E-state index in [0.29, 0.717) is 12.5 Å². The third-order valence-electron chi connectivity index (χ3n) is 4.09. The summed E-state index contributed by atoms with van der Waals surface area (Å²) in [6.07, 6.45) is 2.15. The van der Waals surface area contributed by atoms with E-state index in [4.69, 9.17) is 4.74 Å². The predicted octanol–water partition coefficient (Wildman–Crippen LogP) is 0.169. The number of nitrogens with one attached hydrogen (secondary N) is 3. The molecule has 1 heterocycles. The van der Waals surface area contributed by atoms with Gasteiger partial charge in [0.05, 0.1) is 6.61 Å². The van der Waals surface area contributed by atoms with Crippen molar-refractivity contribution in [2.24, 2.45) is 5.92 Å². The Morgan fingerprint density at radius 2 is 1.91 bits per heavy atom. The molecule has 0 bridgehead atoms. The number of ether oxygens (including phenoxy) is 1. The Kier molecular flexibility index (Phi) is 7.61. The fraction of sp³-hybridized carbons (Fsp3) is 0.867. The number of rotatable bonds is 7. The molecule has 0 aromatic heterocycles. The second-order valence-electron chi connectivity index (χ2n) is 6.32. The van der Waals surface area contributed by atoms with Crippen molar-refractivity contribution >= 4 is 11.9 Å². The van der Waals surface area contributed by atoms with Crippen molar-refractivity contribution in [1.29, 1.82) is 0 Å². The van der Waals surface area contributed by atoms with Crippen LogP contribution in [0.5, 0.6) is 0 Å². The van der Waals surface area contributed by atoms with Crippen LogP contribution in [0.2, 0.25) is 0 Å². The lowest BCUT2D eigenvalue weighted by Gasteiger charge is -2.32. The van der Waals surface area contributed by atoms with Crippen molar-refractivity contribution in [3.05, 3.63) is 0 Å². The summed E-state index contributed by atoms with van der Waals surface area (Å²) in [5.41, 5.74) is -0.917. The minimum Gasteiger partial charge on any atom is -0.383 e. The Labute approximate surface area is 133 Å². The fourth-order valence-corrected chi connectivity index (χ4v) is 2.50. The average molecular weight is 314 g/mol. The van der Waals surface area contributed by atoms with Crippen LogP contribution in [0.15, 0.2) is 0 Å². The highest BCUT2D eigenvalue weighted by Crippen LogP contribution is 2.16. The maximum Gasteiger partial charge on any atom is 0.315 e. The zero-order chi connectivity index (χ0) is 16.6. The lowest BCUT2D eigenvalue weighted by atomic mass is 9.96. The number of nitrogens with zero attached hydrogens (tertiary/aromatic N) is 1. The minimum atomic E-state index is -0.917. The van der Waals surface area contributed by atoms with Crippen molar-refractivity contribution in [3.8, 4) is 0 Å². The highest BCUT2D eigenvalue weighted by molar-refractivity contribution is 5.90. The molecule has 3 amide bonds. The molecule has 7 nitrogen and oxygen atoms in total. The molecule has 0 aliphatic carbocycles. The molecule has 128 valence electrons. The second kappa shape index (κ2) is 8.95. The molecular weight excluding hydrogens is 284 g/mol. The van der Waals surface area contributed by atoms with Gasteiger partial charge in [0.1, 0.15) is 5.54 Å². The molecule has 1 aliphatic heterocycles. The van der Waals surface area contributed by atoms with Crippen molar-refractivity contribution in [2.45, 2.75) is 32.2 Å². The van der Waals surface area contributed by atoms with Gasteiger partial charge in [0.2, 0.25) is 5.91 Å². The second-order valence-corrected chi connectivity index (χ2v) is 6.32. The number of likely N-dealkylation sites (tertiary alicyclic amines) is 1. The third-order valence-corrected chi connectivity index (χ3v) is 4.09. The predicted molar refractivity (Wildman–Crippen MR) is 85.7 cm³/mol. The molecule has 0 aromatic carbocycles. The summed E-state index contributed by atoms with van der Waals surface area (Å²) in [6, 6.07) is -0.355. The molecule has 7 heteroatoms. The Hall–Kier alpha value is -1.34. The molecule has 1 saturated heterocycles. The molecule has 0 atom stereocenters. The average Bonchev–Trinajstić information content (AvgIpc) is 2.50. The first-order valence-electron chi connectivity index (χ1n) is 7.88. The van der Waals surface area contributed by atoms with Gasteiger partial charge in [0.15, 0.2) is 0 Å². The molecule has 3 N–H and O–H groups in total. The van der Waals surface area contributed by atoms with Crippen molar-refractivity contribution < 1.29 is 14.3 Å². The molecule has 0 radical (unpaired) electrons. The van der Waals surface area contributed by atoms with E-state index >= 15 is 0 Å². The van der Waals surface area contributed by atoms with Crippen LogP contribution in [0, 0.1) is 5.92 Å². The van der Waals surface area contributed by atoms with Crippen LogP contribution in [0.3, 0.4) is 0 Å². The number of carbonyl (C=O) groups excluding carboxylic acids is 2. The highest BCUT2D eigenvalue weighted by atomic mass is 16.5. The molecule has 0 saturated carbocycles. The van der Waals surface area contributed by atoms with Gasteiger partial charge in [-0.05, 0) is 45.7 Å². The molecule has 0 unspecified atom stereocenters. The van der Waals surface area contributed by atoms with Crippen molar-refractivity contribution in [2.75, 3.05) is 46.9 Å². The Morgan fingerprint density at radius 3 is 2.45 bits per heavy atom. The number of piperidine rings is 1. The van der Waals surface area contributed by atoms with Crippen LogP contribution in [-0.4, -0.2) is 69.3 Å². The van der Waals surface area contributed by atoms with E-state index < -0.39 is 5.54 Å². The number of methoxy groups -OCH3 is 1. The topological polar surface area (TPSA) is 82.7 Å². The van der Waals surface area contributed by atoms with Gasteiger partial charge in [-0.25, -0.2) is 4.79 Å². The summed E-state index contributed by atoms with van der Waals surface area (Å²) >= 11 is 0. The molecular formula is C15H30N4O3. The van der Waals surface area contributed by atoms with Gasteiger partial charge in [0, 0.05) is 27.2 Å². The van der Waals surface area contributed by atoms with E-state index in [-0.39, 0.29) is 11.9 Å². The van der Waals surface area contributed by atoms with Crippen LogP contribution in [0.1, 0.15) is 26.7 Å². The van der Waals surface area contributed by atoms with Gasteiger partial charge in [-0.2, -0.15) is 0 Å². The Morgan fingerprint density at radius 1 is 1.27 bits per heavy atom. The van der Waals surface area contributed by atoms with Crippen LogP contribution in [0.4, 0.5) is 4.79 Å². The summed E-state index contributed by atoms with van der Waals surface area (Å²) in [5, 5.41) is 8.05. The third kappa shape index (κ3) is 6.19. The summed E-state index contributed by atoms with van der Waals surface area (Å²) in [7, 11) is 3.25. The monoisotopic (exact) mass is 314 g/mol. The lowest BCUT2D eigenvalue weighted by Crippen LogP contribution is -2.57. The smallest absolute Gasteiger partial charge is 0.315 e. The normalized spacial score (nSPS) is 17.1. The van der Waals surface area contributed by atoms with E-state index in [1.807, 2.05) is 0 Å². The molecule has 22 heavy (non-hydrogen) atoms. The zero-order valence-electron chi connectivity index (χ0n) is 14.2. The largest absolute Gasteiger partial charge is 0.383 e. The van der Waals surface area contributed by atoms with Gasteiger partial charge in [-0.15, -0.1) is 0 Å². The van der Waals surface area contributed by atoms with Crippen LogP contribution >= 0.6 is 0 Å². The Balaban J connectivity index is 2.29. The van der Waals surface area contributed by atoms with Gasteiger partial charge in [0.25, 0.3) is 0 Å². The number of carbonyl (C=O) groups is 2. The van der Waals surface area contributed by atoms with Crippen LogP contribution in [0.25, 0.3) is 0 Å². The molecule has 0 aromatic rings. The zero-order valence-corrected chi connectivity index (χ0v) is 14.2. The Bertz CT molecular complexity index is 366. The maximum atomic E-state index is 12.2. The van der Waals surface area contributed by atoms with Gasteiger partial charge in [-0.1, -0.05) is 0 Å². The lowest BCUT2D eigenvalue weighted by molar-refractivity contribution is -0.126. The van der Waals surface area contributed by atoms with Gasteiger partial charge >= 0.3 is 6.03 Å². The van der Waals surface area contributed by atoms with Gasteiger partial charge in [-0.3, -0.25) is 4.79 Å². The molecule has 1 aliphatic rings. The first kappa shape index (κ1) is 18.7. The summed E-state index contributed by atoms with van der Waals surface area (Å²) < 4.78 is 5.09. The standard InChI is InChI=1S/C15H30N4O3/c1-15(2,18-14(21)16-3)13(20)17-11-12-5-7-19(8-6-12)9-10-22-4/h12H,5-11H2,1-4H3,(H,17,20)(H2,16,18,21). The molecule has 1 rings (SSSR count). The van der Waals surface area contributed by atoms with Gasteiger partial charge < -0.3 is 25.6 Å². The highest BCUT2D eigenvalue weighted by Gasteiger charge is 2.29. The molecule has 0 spiro atoms. The van der Waals surface area contributed by atoms with Crippen LogP contribution in [-0.2, 0) is 9.53 Å². The fourth-order valence-electron chi connectivity index (χ4n) is 2.50. The van der Waals surface area contributed by atoms with E-state index in [9.17, 15) is 9.59 Å². The number of urea groups is 1. The summed E-state index contributed by atoms with van der Waals surface area (Å²) in [5.74, 6) is 0.344. The van der Waals surface area contributed by atoms with Crippen molar-refractivity contribution in [1.82, 2.24) is 20.9 Å². The van der Waals surface area contributed by atoms with E-state index in [1.165, 1.54) is 7.05 Å². The minimum absolute atomic E-state index is 0.155. The van der Waals surface area contributed by atoms with Crippen molar-refractivity contribution in [3.63, 3.8) is 0 Å². The summed E-state index contributed by atoms with van der Waals surface area (Å²) in [6.45, 7) is 7.89. The van der Waals surface area contributed by atoms with E-state index in [0.717, 1.165) is 39.1 Å². The number of hydrogen-bond donors (Lipinski definition) is 3. The van der Waals surface area contributed by atoms with E-state index in [1.54, 1.807) is 21.0 Å². The van der Waals surface area contributed by atoms with E-state index in [2.05, 4.69) is 20.9 Å². The summed E-state index contributed by atoms with van der Waals surface area (Å²) in [4.78, 5) is 25.9. The quantitative estimate of drug-likeness (QED) is 0.625.